The molecule has 1 saturated carbocycles. The van der Waals surface area contributed by atoms with Crippen molar-refractivity contribution in [3.8, 4) is 0 Å². The Morgan fingerprint density at radius 3 is 1.62 bits per heavy atom. The fourth-order valence-electron chi connectivity index (χ4n) is 3.88. The third kappa shape index (κ3) is 2.65. The van der Waals surface area contributed by atoms with E-state index in [1.165, 1.54) is 43.2 Å². The topological polar surface area (TPSA) is 0 Å². The van der Waals surface area contributed by atoms with Crippen molar-refractivity contribution in [3.63, 3.8) is 0 Å². The average Bonchev–Trinajstić information content (AvgIpc) is 2.56. The van der Waals surface area contributed by atoms with Gasteiger partial charge in [-0.3, -0.25) is 0 Å². The van der Waals surface area contributed by atoms with Gasteiger partial charge >= 0.3 is 0 Å². The van der Waals surface area contributed by atoms with Gasteiger partial charge in [-0.1, -0.05) is 109 Å². The molecule has 0 aliphatic heterocycles. The summed E-state index contributed by atoms with van der Waals surface area (Å²) >= 11 is 2.74. The maximum Gasteiger partial charge on any atom is 0.0772 e. The molecule has 110 valence electrons. The molecule has 0 bridgehead atoms. The molecule has 1 aliphatic rings. The Hall–Kier alpha value is -0.830. The molecule has 0 radical (unpaired) electrons. The minimum absolute atomic E-state index is 0.0632. The molecule has 3 rings (SSSR count). The lowest BCUT2D eigenvalue weighted by molar-refractivity contribution is 0.177. The van der Waals surface area contributed by atoms with E-state index in [0.717, 1.165) is 0 Å². The van der Waals surface area contributed by atoms with E-state index < -0.39 is 0 Å². The van der Waals surface area contributed by atoms with Crippen LogP contribution in [0.1, 0.15) is 50.2 Å². The van der Waals surface area contributed by atoms with Gasteiger partial charge in [-0.25, -0.2) is 0 Å². The Kier molecular flexibility index (Phi) is 4.39. The van der Waals surface area contributed by atoms with E-state index in [0.29, 0.717) is 5.41 Å². The molecule has 1 fully saturated rings. The lowest BCUT2D eigenvalue weighted by Crippen LogP contribution is -2.41. The molecule has 1 aliphatic carbocycles. The van der Waals surface area contributed by atoms with Crippen LogP contribution in [0.15, 0.2) is 60.7 Å². The highest BCUT2D eigenvalue weighted by atomic mass is 127. The summed E-state index contributed by atoms with van der Waals surface area (Å²) in [5, 5.41) is 0. The van der Waals surface area contributed by atoms with Crippen molar-refractivity contribution in [1.29, 1.82) is 0 Å². The van der Waals surface area contributed by atoms with Gasteiger partial charge in [0.05, 0.1) is 3.42 Å². The van der Waals surface area contributed by atoms with E-state index >= 15 is 0 Å². The van der Waals surface area contributed by atoms with Gasteiger partial charge in [-0.15, -0.1) is 0 Å². The Morgan fingerprint density at radius 1 is 0.762 bits per heavy atom. The van der Waals surface area contributed by atoms with E-state index in [2.05, 4.69) is 90.2 Å². The first-order valence-corrected chi connectivity index (χ1v) is 9.05. The molecular weight excluding hydrogens is 367 g/mol. The molecule has 2 aromatic carbocycles. The van der Waals surface area contributed by atoms with Crippen LogP contribution in [0.5, 0.6) is 0 Å². The van der Waals surface area contributed by atoms with Gasteiger partial charge in [0.1, 0.15) is 0 Å². The van der Waals surface area contributed by atoms with Crippen molar-refractivity contribution in [2.45, 2.75) is 42.4 Å². The largest absolute Gasteiger partial charge is 0.0772 e. The molecule has 0 spiro atoms. The highest BCUT2D eigenvalue weighted by Gasteiger charge is 2.48. The van der Waals surface area contributed by atoms with Gasteiger partial charge in [0.2, 0.25) is 0 Å². The van der Waals surface area contributed by atoms with E-state index in [9.17, 15) is 0 Å². The minimum atomic E-state index is 0.0632. The summed E-state index contributed by atoms with van der Waals surface area (Å²) in [5.41, 5.74) is 3.22. The first-order chi connectivity index (χ1) is 10.2. The van der Waals surface area contributed by atoms with Gasteiger partial charge in [0, 0.05) is 0 Å². The zero-order chi connectivity index (χ0) is 14.8. The summed E-state index contributed by atoms with van der Waals surface area (Å²) in [6.45, 7) is 2.50. The first kappa shape index (κ1) is 15.1. The Bertz CT molecular complexity index is 528. The lowest BCUT2D eigenvalue weighted by atomic mass is 9.63. The van der Waals surface area contributed by atoms with Crippen LogP contribution in [0.3, 0.4) is 0 Å². The summed E-state index contributed by atoms with van der Waals surface area (Å²) in [6.07, 6.45) is 6.76. The predicted octanol–water partition coefficient (Wildman–Crippen LogP) is 6.34. The molecule has 0 aromatic heterocycles. The Labute approximate surface area is 142 Å². The fourth-order valence-corrected chi connectivity index (χ4v) is 5.13. The molecule has 21 heavy (non-hydrogen) atoms. The zero-order valence-corrected chi connectivity index (χ0v) is 14.8. The van der Waals surface area contributed by atoms with Gasteiger partial charge in [-0.2, -0.15) is 0 Å². The third-order valence-electron chi connectivity index (χ3n) is 5.13. The predicted molar refractivity (Wildman–Crippen MR) is 98.9 cm³/mol. The van der Waals surface area contributed by atoms with Crippen LogP contribution in [-0.2, 0) is 3.42 Å². The molecule has 0 unspecified atom stereocenters. The second kappa shape index (κ2) is 6.12. The van der Waals surface area contributed by atoms with E-state index in [-0.39, 0.29) is 3.42 Å². The second-order valence-corrected chi connectivity index (χ2v) is 8.13. The van der Waals surface area contributed by atoms with Gasteiger partial charge in [0.25, 0.3) is 0 Å². The summed E-state index contributed by atoms with van der Waals surface area (Å²) in [6, 6.07) is 22.2. The van der Waals surface area contributed by atoms with Crippen LogP contribution in [0, 0.1) is 5.41 Å². The SMILES string of the molecule is CC1(C(I)(c2ccccc2)c2ccccc2)CCCCC1. The highest BCUT2D eigenvalue weighted by molar-refractivity contribution is 14.1. The molecule has 1 heteroatoms. The van der Waals surface area contributed by atoms with E-state index in [1.54, 1.807) is 0 Å². The first-order valence-electron chi connectivity index (χ1n) is 7.97. The van der Waals surface area contributed by atoms with Gasteiger partial charge < -0.3 is 0 Å². The zero-order valence-electron chi connectivity index (χ0n) is 12.7. The van der Waals surface area contributed by atoms with Crippen LogP contribution in [0.25, 0.3) is 0 Å². The fraction of sp³-hybridized carbons (Fsp3) is 0.400. The smallest absolute Gasteiger partial charge is 0.0678 e. The highest BCUT2D eigenvalue weighted by Crippen LogP contribution is 2.58. The number of rotatable bonds is 3. The number of benzene rings is 2. The Morgan fingerprint density at radius 2 is 1.19 bits per heavy atom. The average molecular weight is 390 g/mol. The van der Waals surface area contributed by atoms with E-state index in [4.69, 9.17) is 0 Å². The van der Waals surface area contributed by atoms with Gasteiger partial charge in [-0.05, 0) is 29.4 Å². The van der Waals surface area contributed by atoms with E-state index in [1.807, 2.05) is 0 Å². The summed E-state index contributed by atoms with van der Waals surface area (Å²) in [4.78, 5) is 0. The summed E-state index contributed by atoms with van der Waals surface area (Å²) in [7, 11) is 0. The quantitative estimate of drug-likeness (QED) is 0.424. The van der Waals surface area contributed by atoms with Crippen molar-refractivity contribution >= 4 is 22.6 Å². The molecule has 0 atom stereocenters. The van der Waals surface area contributed by atoms with Crippen molar-refractivity contribution in [1.82, 2.24) is 0 Å². The number of alkyl halides is 1. The summed E-state index contributed by atoms with van der Waals surface area (Å²) in [5.74, 6) is 0. The standard InChI is InChI=1S/C20H23I/c1-19(15-9-4-10-16-19)20(21,17-11-5-2-6-12-17)18-13-7-3-8-14-18/h2-3,5-8,11-14H,4,9-10,15-16H2,1H3. The maximum atomic E-state index is 2.74. The van der Waals surface area contributed by atoms with Crippen LogP contribution in [-0.4, -0.2) is 0 Å². The molecule has 0 N–H and O–H groups in total. The van der Waals surface area contributed by atoms with Crippen LogP contribution in [0.4, 0.5) is 0 Å². The van der Waals surface area contributed by atoms with Gasteiger partial charge in [0.15, 0.2) is 0 Å². The lowest BCUT2D eigenvalue weighted by Gasteiger charge is -2.48. The minimum Gasteiger partial charge on any atom is -0.0678 e. The van der Waals surface area contributed by atoms with Crippen molar-refractivity contribution in [3.05, 3.63) is 71.8 Å². The molecule has 0 saturated heterocycles. The molecule has 0 heterocycles. The molecule has 0 nitrogen and oxygen atoms in total. The van der Waals surface area contributed by atoms with Crippen LogP contribution < -0.4 is 0 Å². The number of hydrogen-bond acceptors (Lipinski definition) is 0. The number of hydrogen-bond donors (Lipinski definition) is 0. The van der Waals surface area contributed by atoms with Crippen LogP contribution in [0.2, 0.25) is 0 Å². The number of halogens is 1. The molecule has 2 aromatic rings. The normalized spacial score (nSPS) is 18.4. The van der Waals surface area contributed by atoms with Crippen molar-refractivity contribution in [2.24, 2.45) is 5.41 Å². The van der Waals surface area contributed by atoms with Crippen molar-refractivity contribution in [2.75, 3.05) is 0 Å². The Balaban J connectivity index is 2.15. The summed E-state index contributed by atoms with van der Waals surface area (Å²) < 4.78 is 0.0632. The molecule has 0 amide bonds. The van der Waals surface area contributed by atoms with Crippen LogP contribution >= 0.6 is 22.6 Å². The third-order valence-corrected chi connectivity index (χ3v) is 7.68. The monoisotopic (exact) mass is 390 g/mol. The van der Waals surface area contributed by atoms with Crippen molar-refractivity contribution < 1.29 is 0 Å². The second-order valence-electron chi connectivity index (χ2n) is 6.51. The maximum absolute atomic E-state index is 2.74. The molecular formula is C20H23I.